The van der Waals surface area contributed by atoms with Crippen LogP contribution in [-0.2, 0) is 13.6 Å². The fraction of sp³-hybridized carbons (Fsp3) is 0.833. The Labute approximate surface area is 174 Å². The first-order valence-corrected chi connectivity index (χ1v) is 9.74. The molecule has 1 aliphatic carbocycles. The van der Waals surface area contributed by atoms with E-state index in [1.54, 1.807) is 0 Å². The van der Waals surface area contributed by atoms with E-state index in [1.807, 2.05) is 18.5 Å². The van der Waals surface area contributed by atoms with Crippen LogP contribution in [0.5, 0.6) is 0 Å². The first-order chi connectivity index (χ1) is 12.1. The second-order valence-corrected chi connectivity index (χ2v) is 7.52. The highest BCUT2D eigenvalue weighted by Crippen LogP contribution is 2.33. The first kappa shape index (κ1) is 21.4. The van der Waals surface area contributed by atoms with Gasteiger partial charge in [-0.3, -0.25) is 4.90 Å². The number of aryl methyl sites for hydroxylation is 1. The van der Waals surface area contributed by atoms with Crippen molar-refractivity contribution in [3.05, 3.63) is 11.6 Å². The predicted octanol–water partition coefficient (Wildman–Crippen LogP) is 2.20. The lowest BCUT2D eigenvalue weighted by atomic mass is 10.2. The maximum Gasteiger partial charge on any atom is 0.191 e. The molecular formula is C18H34IN7. The molecule has 3 rings (SSSR count). The number of halogens is 1. The van der Waals surface area contributed by atoms with Crippen LogP contribution < -0.4 is 10.6 Å². The van der Waals surface area contributed by atoms with Crippen molar-refractivity contribution >= 4 is 29.9 Å². The van der Waals surface area contributed by atoms with Crippen LogP contribution in [0, 0.1) is 6.92 Å². The Morgan fingerprint density at radius 1 is 1.31 bits per heavy atom. The van der Waals surface area contributed by atoms with Gasteiger partial charge in [-0.2, -0.15) is 0 Å². The molecule has 1 saturated carbocycles. The van der Waals surface area contributed by atoms with Gasteiger partial charge in [-0.15, -0.1) is 34.2 Å². The zero-order chi connectivity index (χ0) is 17.8. The Balaban J connectivity index is 0.00000243. The maximum atomic E-state index is 4.77. The molecule has 0 radical (unpaired) electrons. The Morgan fingerprint density at radius 2 is 2.08 bits per heavy atom. The van der Waals surface area contributed by atoms with Gasteiger partial charge in [0, 0.05) is 38.3 Å². The van der Waals surface area contributed by atoms with Crippen molar-refractivity contribution in [1.82, 2.24) is 30.3 Å². The van der Waals surface area contributed by atoms with Crippen LogP contribution in [0.3, 0.4) is 0 Å². The Kier molecular flexibility index (Phi) is 8.12. The highest BCUT2D eigenvalue weighted by atomic mass is 127. The molecule has 1 saturated heterocycles. The van der Waals surface area contributed by atoms with Gasteiger partial charge in [-0.05, 0) is 39.5 Å². The number of nitrogens with one attached hydrogen (secondary N) is 2. The zero-order valence-corrected chi connectivity index (χ0v) is 18.9. The Bertz CT molecular complexity index is 596. The number of rotatable bonds is 7. The molecule has 1 aromatic rings. The smallest absolute Gasteiger partial charge is 0.191 e. The van der Waals surface area contributed by atoms with Crippen molar-refractivity contribution in [2.24, 2.45) is 12.0 Å². The van der Waals surface area contributed by atoms with Crippen molar-refractivity contribution < 1.29 is 0 Å². The third-order valence-electron chi connectivity index (χ3n) is 5.36. The van der Waals surface area contributed by atoms with Crippen LogP contribution >= 0.6 is 24.0 Å². The molecule has 7 nitrogen and oxygen atoms in total. The second-order valence-electron chi connectivity index (χ2n) is 7.52. The molecular weight excluding hydrogens is 441 g/mol. The van der Waals surface area contributed by atoms with E-state index in [0.717, 1.165) is 43.2 Å². The van der Waals surface area contributed by atoms with Gasteiger partial charge >= 0.3 is 0 Å². The van der Waals surface area contributed by atoms with Crippen LogP contribution in [0.4, 0.5) is 0 Å². The van der Waals surface area contributed by atoms with E-state index in [0.29, 0.717) is 18.6 Å². The summed E-state index contributed by atoms with van der Waals surface area (Å²) in [6, 6.07) is 1.98. The predicted molar refractivity (Wildman–Crippen MR) is 116 cm³/mol. The van der Waals surface area contributed by atoms with Crippen molar-refractivity contribution in [3.8, 4) is 0 Å². The lowest BCUT2D eigenvalue weighted by Gasteiger charge is -2.20. The number of likely N-dealkylation sites (tertiary alicyclic amines) is 1. The normalized spacial score (nSPS) is 23.8. The SMILES string of the molecule is CCCCNC(=NCc1nnc(C)n1C)NC1CC(C)N(C2CC2)C1.I. The third-order valence-corrected chi connectivity index (χ3v) is 5.36. The fourth-order valence-corrected chi connectivity index (χ4v) is 3.54. The molecule has 1 aliphatic heterocycles. The molecule has 1 aromatic heterocycles. The average Bonchev–Trinajstić information content (AvgIpc) is 3.30. The molecule has 2 aliphatic rings. The van der Waals surface area contributed by atoms with Gasteiger partial charge in [0.1, 0.15) is 12.4 Å². The molecule has 2 unspecified atom stereocenters. The summed E-state index contributed by atoms with van der Waals surface area (Å²) in [4.78, 5) is 7.43. The van der Waals surface area contributed by atoms with Gasteiger partial charge in [-0.1, -0.05) is 13.3 Å². The fourth-order valence-electron chi connectivity index (χ4n) is 3.54. The number of hydrogen-bond donors (Lipinski definition) is 2. The monoisotopic (exact) mass is 475 g/mol. The highest BCUT2D eigenvalue weighted by Gasteiger charge is 2.38. The van der Waals surface area contributed by atoms with E-state index in [1.165, 1.54) is 25.7 Å². The molecule has 2 atom stereocenters. The zero-order valence-electron chi connectivity index (χ0n) is 16.5. The summed E-state index contributed by atoms with van der Waals surface area (Å²) in [7, 11) is 1.99. The van der Waals surface area contributed by atoms with E-state index >= 15 is 0 Å². The minimum absolute atomic E-state index is 0. The summed E-state index contributed by atoms with van der Waals surface area (Å²) < 4.78 is 2.00. The topological polar surface area (TPSA) is 70.4 Å². The quantitative estimate of drug-likeness (QED) is 0.274. The summed E-state index contributed by atoms with van der Waals surface area (Å²) in [5.41, 5.74) is 0. The molecule has 2 fully saturated rings. The number of unbranched alkanes of at least 4 members (excludes halogenated alkanes) is 1. The lowest BCUT2D eigenvalue weighted by Crippen LogP contribution is -2.45. The third kappa shape index (κ3) is 5.55. The number of aromatic nitrogens is 3. The second kappa shape index (κ2) is 9.87. The molecule has 0 amide bonds. The van der Waals surface area contributed by atoms with E-state index in [9.17, 15) is 0 Å². The maximum absolute atomic E-state index is 4.77. The minimum atomic E-state index is 0. The lowest BCUT2D eigenvalue weighted by molar-refractivity contribution is 0.256. The van der Waals surface area contributed by atoms with Gasteiger partial charge in [0.25, 0.3) is 0 Å². The van der Waals surface area contributed by atoms with Crippen molar-refractivity contribution in [2.45, 2.75) is 77.5 Å². The van der Waals surface area contributed by atoms with E-state index < -0.39 is 0 Å². The average molecular weight is 475 g/mol. The number of nitrogens with zero attached hydrogens (tertiary/aromatic N) is 5. The molecule has 0 bridgehead atoms. The largest absolute Gasteiger partial charge is 0.356 e. The van der Waals surface area contributed by atoms with Crippen LogP contribution in [-0.4, -0.2) is 56.8 Å². The Morgan fingerprint density at radius 3 is 2.69 bits per heavy atom. The standard InChI is InChI=1S/C18H33N7.HI/c1-5-6-9-19-18(20-11-17-23-22-14(3)24(17)4)21-15-10-13(2)25(12-15)16-7-8-16;/h13,15-16H,5-12H2,1-4H3,(H2,19,20,21);1H. The molecule has 0 aromatic carbocycles. The summed E-state index contributed by atoms with van der Waals surface area (Å²) >= 11 is 0. The van der Waals surface area contributed by atoms with Gasteiger partial charge in [0.05, 0.1) is 0 Å². The molecule has 26 heavy (non-hydrogen) atoms. The van der Waals surface area contributed by atoms with Crippen LogP contribution in [0.25, 0.3) is 0 Å². The summed E-state index contributed by atoms with van der Waals surface area (Å²) in [5, 5.41) is 15.5. The van der Waals surface area contributed by atoms with Crippen LogP contribution in [0.15, 0.2) is 4.99 Å². The van der Waals surface area contributed by atoms with Gasteiger partial charge < -0.3 is 15.2 Å². The first-order valence-electron chi connectivity index (χ1n) is 9.74. The van der Waals surface area contributed by atoms with Crippen LogP contribution in [0.2, 0.25) is 0 Å². The number of aliphatic imine (C=N–C) groups is 1. The number of guanidine groups is 1. The summed E-state index contributed by atoms with van der Waals surface area (Å²) in [5.74, 6) is 2.72. The van der Waals surface area contributed by atoms with E-state index in [4.69, 9.17) is 4.99 Å². The molecule has 2 heterocycles. The van der Waals surface area contributed by atoms with Gasteiger partial charge in [-0.25, -0.2) is 4.99 Å². The summed E-state index contributed by atoms with van der Waals surface area (Å²) in [6.45, 7) is 9.15. The van der Waals surface area contributed by atoms with Crippen molar-refractivity contribution in [1.29, 1.82) is 0 Å². The highest BCUT2D eigenvalue weighted by molar-refractivity contribution is 14.0. The van der Waals surface area contributed by atoms with E-state index in [-0.39, 0.29) is 24.0 Å². The van der Waals surface area contributed by atoms with Crippen molar-refractivity contribution in [2.75, 3.05) is 13.1 Å². The van der Waals surface area contributed by atoms with E-state index in [2.05, 4.69) is 39.6 Å². The summed E-state index contributed by atoms with van der Waals surface area (Å²) in [6.07, 6.45) is 6.27. The van der Waals surface area contributed by atoms with Crippen molar-refractivity contribution in [3.63, 3.8) is 0 Å². The molecule has 0 spiro atoms. The van der Waals surface area contributed by atoms with Crippen LogP contribution in [0.1, 0.15) is 57.6 Å². The Hall–Kier alpha value is -0.900. The number of hydrogen-bond acceptors (Lipinski definition) is 4. The minimum Gasteiger partial charge on any atom is -0.356 e. The molecule has 8 heteroatoms. The molecule has 2 N–H and O–H groups in total. The molecule has 148 valence electrons. The van der Waals surface area contributed by atoms with Gasteiger partial charge in [0.2, 0.25) is 0 Å². The van der Waals surface area contributed by atoms with Gasteiger partial charge in [0.15, 0.2) is 11.8 Å².